The van der Waals surface area contributed by atoms with Crippen molar-refractivity contribution in [1.29, 1.82) is 0 Å². The van der Waals surface area contributed by atoms with Crippen molar-refractivity contribution in [2.45, 2.75) is 13.1 Å². The highest BCUT2D eigenvalue weighted by Gasteiger charge is 2.32. The maximum absolute atomic E-state index is 12.3. The summed E-state index contributed by atoms with van der Waals surface area (Å²) in [7, 11) is 0. The maximum atomic E-state index is 12.3. The molecule has 1 fully saturated rings. The molecular weight excluding hydrogens is 325 g/mol. The van der Waals surface area contributed by atoms with Crippen LogP contribution in [0.1, 0.15) is 6.92 Å². The SMILES string of the molecule is CCOc1ccc(OCC(=O)N2CCN(CC(F)(F)F)CC2)cc1. The van der Waals surface area contributed by atoms with Crippen LogP contribution in [0, 0.1) is 0 Å². The van der Waals surface area contributed by atoms with Crippen LogP contribution in [0.3, 0.4) is 0 Å². The fraction of sp³-hybridized carbons (Fsp3) is 0.562. The molecule has 0 aromatic heterocycles. The van der Waals surface area contributed by atoms with E-state index in [1.165, 1.54) is 9.80 Å². The second-order valence-corrected chi connectivity index (χ2v) is 5.47. The van der Waals surface area contributed by atoms with Gasteiger partial charge in [-0.05, 0) is 31.2 Å². The Morgan fingerprint density at radius 2 is 1.58 bits per heavy atom. The molecule has 24 heavy (non-hydrogen) atoms. The summed E-state index contributed by atoms with van der Waals surface area (Å²) in [6.07, 6.45) is -4.21. The van der Waals surface area contributed by atoms with Crippen LogP contribution in [0.4, 0.5) is 13.2 Å². The first-order valence-electron chi connectivity index (χ1n) is 7.80. The van der Waals surface area contributed by atoms with Crippen LogP contribution in [0.5, 0.6) is 11.5 Å². The molecule has 0 atom stereocenters. The molecule has 1 saturated heterocycles. The highest BCUT2D eigenvalue weighted by Crippen LogP contribution is 2.19. The van der Waals surface area contributed by atoms with Crippen LogP contribution < -0.4 is 9.47 Å². The zero-order chi connectivity index (χ0) is 17.6. The molecule has 0 bridgehead atoms. The summed E-state index contributed by atoms with van der Waals surface area (Å²) in [5, 5.41) is 0. The lowest BCUT2D eigenvalue weighted by atomic mass is 10.3. The molecule has 5 nitrogen and oxygen atoms in total. The third-order valence-corrected chi connectivity index (χ3v) is 3.62. The summed E-state index contributed by atoms with van der Waals surface area (Å²) in [6.45, 7) is 2.38. The van der Waals surface area contributed by atoms with Gasteiger partial charge in [0.25, 0.3) is 5.91 Å². The van der Waals surface area contributed by atoms with Crippen LogP contribution >= 0.6 is 0 Å². The van der Waals surface area contributed by atoms with Gasteiger partial charge in [0.15, 0.2) is 6.61 Å². The molecule has 134 valence electrons. The van der Waals surface area contributed by atoms with E-state index in [0.29, 0.717) is 12.4 Å². The highest BCUT2D eigenvalue weighted by atomic mass is 19.4. The molecule has 0 spiro atoms. The molecule has 0 unspecified atom stereocenters. The molecule has 1 amide bonds. The van der Waals surface area contributed by atoms with Crippen LogP contribution in [-0.2, 0) is 4.79 Å². The number of piperazine rings is 1. The second-order valence-electron chi connectivity index (χ2n) is 5.47. The monoisotopic (exact) mass is 346 g/mol. The number of nitrogens with zero attached hydrogens (tertiary/aromatic N) is 2. The van der Waals surface area contributed by atoms with Gasteiger partial charge in [-0.3, -0.25) is 9.69 Å². The van der Waals surface area contributed by atoms with Crippen molar-refractivity contribution in [3.8, 4) is 11.5 Å². The third kappa shape index (κ3) is 5.92. The second kappa shape index (κ2) is 8.23. The lowest BCUT2D eigenvalue weighted by Crippen LogP contribution is -2.51. The third-order valence-electron chi connectivity index (χ3n) is 3.62. The van der Waals surface area contributed by atoms with Gasteiger partial charge in [-0.25, -0.2) is 0 Å². The minimum Gasteiger partial charge on any atom is -0.494 e. The van der Waals surface area contributed by atoms with Crippen molar-refractivity contribution in [3.05, 3.63) is 24.3 Å². The van der Waals surface area contributed by atoms with Gasteiger partial charge in [0.1, 0.15) is 11.5 Å². The number of amides is 1. The van der Waals surface area contributed by atoms with E-state index in [9.17, 15) is 18.0 Å². The molecule has 2 rings (SSSR count). The van der Waals surface area contributed by atoms with Crippen molar-refractivity contribution in [3.63, 3.8) is 0 Å². The van der Waals surface area contributed by atoms with Crippen molar-refractivity contribution in [2.24, 2.45) is 0 Å². The summed E-state index contributed by atoms with van der Waals surface area (Å²) < 4.78 is 47.7. The topological polar surface area (TPSA) is 42.0 Å². The first-order chi connectivity index (χ1) is 11.4. The molecule has 8 heteroatoms. The van der Waals surface area contributed by atoms with Crippen molar-refractivity contribution < 1.29 is 27.4 Å². The van der Waals surface area contributed by atoms with E-state index in [0.717, 1.165) is 5.75 Å². The van der Waals surface area contributed by atoms with E-state index in [1.807, 2.05) is 6.92 Å². The van der Waals surface area contributed by atoms with Crippen LogP contribution in [-0.4, -0.2) is 67.8 Å². The Balaban J connectivity index is 1.73. The van der Waals surface area contributed by atoms with E-state index in [2.05, 4.69) is 0 Å². The molecule has 1 aromatic rings. The van der Waals surface area contributed by atoms with Gasteiger partial charge in [-0.15, -0.1) is 0 Å². The number of rotatable bonds is 6. The zero-order valence-electron chi connectivity index (χ0n) is 13.5. The van der Waals surface area contributed by atoms with E-state index in [1.54, 1.807) is 24.3 Å². The molecule has 0 N–H and O–H groups in total. The smallest absolute Gasteiger partial charge is 0.401 e. The lowest BCUT2D eigenvalue weighted by molar-refractivity contribution is -0.152. The number of hydrogen-bond acceptors (Lipinski definition) is 4. The Bertz CT molecular complexity index is 526. The Morgan fingerprint density at radius 1 is 1.04 bits per heavy atom. The minimum atomic E-state index is -4.21. The normalized spacial score (nSPS) is 16.1. The summed E-state index contributed by atoms with van der Waals surface area (Å²) >= 11 is 0. The minimum absolute atomic E-state index is 0.132. The molecule has 1 aliphatic rings. The molecule has 0 aliphatic carbocycles. The van der Waals surface area contributed by atoms with Gasteiger partial charge in [0.2, 0.25) is 0 Å². The quantitative estimate of drug-likeness (QED) is 0.792. The number of carbonyl (C=O) groups is 1. The molecule has 1 heterocycles. The molecular formula is C16H21F3N2O3. The summed E-state index contributed by atoms with van der Waals surface area (Å²) in [5.74, 6) is 1.04. The Hall–Kier alpha value is -1.96. The first kappa shape index (κ1) is 18.4. The summed E-state index contributed by atoms with van der Waals surface area (Å²) in [6, 6.07) is 6.91. The summed E-state index contributed by atoms with van der Waals surface area (Å²) in [5.41, 5.74) is 0. The lowest BCUT2D eigenvalue weighted by Gasteiger charge is -2.34. The summed E-state index contributed by atoms with van der Waals surface area (Å²) in [4.78, 5) is 14.9. The largest absolute Gasteiger partial charge is 0.494 e. The van der Waals surface area contributed by atoms with E-state index >= 15 is 0 Å². The zero-order valence-corrected chi connectivity index (χ0v) is 13.5. The Morgan fingerprint density at radius 3 is 2.08 bits per heavy atom. The number of alkyl halides is 3. The van der Waals surface area contributed by atoms with Gasteiger partial charge >= 0.3 is 6.18 Å². The maximum Gasteiger partial charge on any atom is 0.401 e. The number of hydrogen-bond donors (Lipinski definition) is 0. The fourth-order valence-electron chi connectivity index (χ4n) is 2.44. The molecule has 1 aromatic carbocycles. The number of benzene rings is 1. The van der Waals surface area contributed by atoms with Gasteiger partial charge in [0.05, 0.1) is 13.2 Å². The predicted octanol–water partition coefficient (Wildman–Crippen LogP) is 2.17. The van der Waals surface area contributed by atoms with Crippen molar-refractivity contribution in [2.75, 3.05) is 45.9 Å². The fourth-order valence-corrected chi connectivity index (χ4v) is 2.44. The number of halogens is 3. The van der Waals surface area contributed by atoms with Crippen LogP contribution in [0.15, 0.2) is 24.3 Å². The molecule has 0 saturated carbocycles. The van der Waals surface area contributed by atoms with Gasteiger partial charge in [-0.1, -0.05) is 0 Å². The van der Waals surface area contributed by atoms with Gasteiger partial charge < -0.3 is 14.4 Å². The number of carbonyl (C=O) groups excluding carboxylic acids is 1. The average molecular weight is 346 g/mol. The van der Waals surface area contributed by atoms with Crippen molar-refractivity contribution in [1.82, 2.24) is 9.80 Å². The van der Waals surface area contributed by atoms with E-state index in [4.69, 9.17) is 9.47 Å². The number of ether oxygens (including phenoxy) is 2. The van der Waals surface area contributed by atoms with Crippen LogP contribution in [0.2, 0.25) is 0 Å². The van der Waals surface area contributed by atoms with Crippen LogP contribution in [0.25, 0.3) is 0 Å². The van der Waals surface area contributed by atoms with E-state index in [-0.39, 0.29) is 38.7 Å². The molecule has 0 radical (unpaired) electrons. The predicted molar refractivity (Wildman–Crippen MR) is 82.2 cm³/mol. The standard InChI is InChI=1S/C16H21F3N2O3/c1-2-23-13-3-5-14(6-4-13)24-11-15(22)21-9-7-20(8-10-21)12-16(17,18)19/h3-6H,2,7-12H2,1H3. The average Bonchev–Trinajstić information content (AvgIpc) is 2.53. The van der Waals surface area contributed by atoms with Gasteiger partial charge in [0, 0.05) is 26.2 Å². The van der Waals surface area contributed by atoms with Crippen molar-refractivity contribution >= 4 is 5.91 Å². The first-order valence-corrected chi connectivity index (χ1v) is 7.80. The Labute approximate surface area is 138 Å². The highest BCUT2D eigenvalue weighted by molar-refractivity contribution is 5.77. The van der Waals surface area contributed by atoms with Gasteiger partial charge in [-0.2, -0.15) is 13.2 Å². The Kier molecular flexibility index (Phi) is 6.30. The molecule has 1 aliphatic heterocycles. The van der Waals surface area contributed by atoms with E-state index < -0.39 is 12.7 Å².